The molecule has 4 nitrogen and oxygen atoms in total. The van der Waals surface area contributed by atoms with E-state index in [4.69, 9.17) is 19.9 Å². The van der Waals surface area contributed by atoms with E-state index in [0.29, 0.717) is 6.42 Å². The molecule has 5 rings (SSSR count). The molecule has 0 amide bonds. The van der Waals surface area contributed by atoms with E-state index in [-0.39, 0.29) is 0 Å². The molecule has 2 heterocycles. The van der Waals surface area contributed by atoms with Crippen molar-refractivity contribution in [1.82, 2.24) is 19.9 Å². The van der Waals surface area contributed by atoms with E-state index in [1.54, 1.807) is 0 Å². The fourth-order valence-electron chi connectivity index (χ4n) is 4.29. The van der Waals surface area contributed by atoms with E-state index in [1.807, 2.05) is 6.07 Å². The van der Waals surface area contributed by atoms with Crippen LogP contribution in [0, 0.1) is 13.8 Å². The van der Waals surface area contributed by atoms with Crippen molar-refractivity contribution in [2.75, 3.05) is 0 Å². The summed E-state index contributed by atoms with van der Waals surface area (Å²) in [5, 5.41) is 1.12. The molecule has 2 aromatic carbocycles. The van der Waals surface area contributed by atoms with E-state index < -0.39 is 0 Å². The van der Waals surface area contributed by atoms with Crippen LogP contribution < -0.4 is 0 Å². The van der Waals surface area contributed by atoms with Crippen molar-refractivity contribution in [2.45, 2.75) is 46.0 Å². The molecule has 0 aliphatic heterocycles. The number of benzene rings is 2. The van der Waals surface area contributed by atoms with Gasteiger partial charge in [-0.2, -0.15) is 0 Å². The lowest BCUT2D eigenvalue weighted by Gasteiger charge is -2.19. The summed E-state index contributed by atoms with van der Waals surface area (Å²) >= 11 is 0. The number of hydrogen-bond acceptors (Lipinski definition) is 4. The SMILES string of the molecule is Cc1nc(Cc2nc3c(c(-c4ccccc4)n2)CCCC3)nc2c(C)cccc12. The molecule has 144 valence electrons. The minimum atomic E-state index is 0.554. The molecule has 4 aromatic rings. The van der Waals surface area contributed by atoms with Crippen LogP contribution in [0.4, 0.5) is 0 Å². The van der Waals surface area contributed by atoms with Gasteiger partial charge in [-0.15, -0.1) is 0 Å². The van der Waals surface area contributed by atoms with Crippen molar-refractivity contribution in [3.05, 3.63) is 82.7 Å². The van der Waals surface area contributed by atoms with Gasteiger partial charge >= 0.3 is 0 Å². The number of aryl methyl sites for hydroxylation is 3. The zero-order chi connectivity index (χ0) is 19.8. The predicted octanol–water partition coefficient (Wildman–Crippen LogP) is 5.17. The molecule has 1 aliphatic carbocycles. The van der Waals surface area contributed by atoms with Gasteiger partial charge in [-0.1, -0.05) is 48.5 Å². The lowest BCUT2D eigenvalue weighted by Crippen LogP contribution is -2.13. The zero-order valence-corrected chi connectivity index (χ0v) is 16.9. The molecule has 0 spiro atoms. The van der Waals surface area contributed by atoms with Crippen LogP contribution in [-0.2, 0) is 19.3 Å². The summed E-state index contributed by atoms with van der Waals surface area (Å²) in [5.41, 5.74) is 7.97. The van der Waals surface area contributed by atoms with Gasteiger partial charge in [0.05, 0.1) is 17.6 Å². The van der Waals surface area contributed by atoms with Gasteiger partial charge in [0.1, 0.15) is 11.6 Å². The Morgan fingerprint density at radius 1 is 0.759 bits per heavy atom. The Balaban J connectivity index is 1.60. The first kappa shape index (κ1) is 17.9. The number of fused-ring (bicyclic) bond motifs is 2. The second-order valence-corrected chi connectivity index (χ2v) is 7.86. The lowest BCUT2D eigenvalue weighted by atomic mass is 9.92. The van der Waals surface area contributed by atoms with Crippen LogP contribution in [0.3, 0.4) is 0 Å². The Morgan fingerprint density at radius 2 is 1.55 bits per heavy atom. The van der Waals surface area contributed by atoms with Crippen LogP contribution in [0.1, 0.15) is 47.0 Å². The third-order valence-corrected chi connectivity index (χ3v) is 5.76. The highest BCUT2D eigenvalue weighted by molar-refractivity contribution is 5.83. The number of para-hydroxylation sites is 1. The Labute approximate surface area is 171 Å². The highest BCUT2D eigenvalue weighted by Gasteiger charge is 2.19. The fraction of sp³-hybridized carbons (Fsp3) is 0.280. The maximum Gasteiger partial charge on any atom is 0.136 e. The van der Waals surface area contributed by atoms with Crippen molar-refractivity contribution < 1.29 is 0 Å². The number of nitrogens with zero attached hydrogens (tertiary/aromatic N) is 4. The molecule has 0 bridgehead atoms. The molecule has 1 aliphatic rings. The van der Waals surface area contributed by atoms with Gasteiger partial charge in [-0.3, -0.25) is 0 Å². The van der Waals surface area contributed by atoms with Gasteiger partial charge in [0, 0.05) is 27.9 Å². The summed E-state index contributed by atoms with van der Waals surface area (Å²) in [6.45, 7) is 4.15. The number of aromatic nitrogens is 4. The van der Waals surface area contributed by atoms with Gasteiger partial charge in [0.2, 0.25) is 0 Å². The molecule has 0 fully saturated rings. The normalized spacial score (nSPS) is 13.4. The smallest absolute Gasteiger partial charge is 0.136 e. The maximum absolute atomic E-state index is 4.99. The van der Waals surface area contributed by atoms with Crippen LogP contribution in [0.25, 0.3) is 22.2 Å². The van der Waals surface area contributed by atoms with Gasteiger partial charge in [-0.25, -0.2) is 19.9 Å². The molecule has 4 heteroatoms. The molecule has 0 saturated heterocycles. The summed E-state index contributed by atoms with van der Waals surface area (Å²) in [6, 6.07) is 16.7. The molecule has 0 N–H and O–H groups in total. The van der Waals surface area contributed by atoms with Crippen LogP contribution in [0.5, 0.6) is 0 Å². The molecule has 0 unspecified atom stereocenters. The van der Waals surface area contributed by atoms with Crippen molar-refractivity contribution in [3.63, 3.8) is 0 Å². The van der Waals surface area contributed by atoms with Crippen molar-refractivity contribution in [3.8, 4) is 11.3 Å². The average Bonchev–Trinajstić information content (AvgIpc) is 2.75. The monoisotopic (exact) mass is 380 g/mol. The molecular formula is C25H24N4. The van der Waals surface area contributed by atoms with E-state index in [1.165, 1.54) is 35.2 Å². The Kier molecular flexibility index (Phi) is 4.55. The van der Waals surface area contributed by atoms with Crippen LogP contribution in [0.2, 0.25) is 0 Å². The Morgan fingerprint density at radius 3 is 2.41 bits per heavy atom. The highest BCUT2D eigenvalue weighted by atomic mass is 14.9. The average molecular weight is 380 g/mol. The first-order chi connectivity index (χ1) is 14.2. The topological polar surface area (TPSA) is 51.6 Å². The third-order valence-electron chi connectivity index (χ3n) is 5.76. The third kappa shape index (κ3) is 3.39. The van der Waals surface area contributed by atoms with Gasteiger partial charge in [0.25, 0.3) is 0 Å². The summed E-state index contributed by atoms with van der Waals surface area (Å²) in [4.78, 5) is 19.5. The summed E-state index contributed by atoms with van der Waals surface area (Å²) in [6.07, 6.45) is 5.05. The van der Waals surface area contributed by atoms with Crippen LogP contribution in [0.15, 0.2) is 48.5 Å². The minimum absolute atomic E-state index is 0.554. The fourth-order valence-corrected chi connectivity index (χ4v) is 4.29. The molecule has 29 heavy (non-hydrogen) atoms. The second-order valence-electron chi connectivity index (χ2n) is 7.86. The lowest BCUT2D eigenvalue weighted by molar-refractivity contribution is 0.656. The van der Waals surface area contributed by atoms with Gasteiger partial charge < -0.3 is 0 Å². The molecule has 0 atom stereocenters. The first-order valence-electron chi connectivity index (χ1n) is 10.4. The van der Waals surface area contributed by atoms with Crippen molar-refractivity contribution >= 4 is 10.9 Å². The Hall–Kier alpha value is -3.14. The minimum Gasteiger partial charge on any atom is -0.237 e. The summed E-state index contributed by atoms with van der Waals surface area (Å²) < 4.78 is 0. The molecule has 0 radical (unpaired) electrons. The van der Waals surface area contributed by atoms with Gasteiger partial charge in [-0.05, 0) is 45.1 Å². The van der Waals surface area contributed by atoms with Gasteiger partial charge in [0.15, 0.2) is 0 Å². The second kappa shape index (κ2) is 7.36. The summed E-state index contributed by atoms with van der Waals surface area (Å²) in [7, 11) is 0. The van der Waals surface area contributed by atoms with E-state index in [9.17, 15) is 0 Å². The maximum atomic E-state index is 4.99. The largest absolute Gasteiger partial charge is 0.237 e. The molecular weight excluding hydrogens is 356 g/mol. The van der Waals surface area contributed by atoms with Crippen LogP contribution in [-0.4, -0.2) is 19.9 Å². The number of hydrogen-bond donors (Lipinski definition) is 0. The Bertz CT molecular complexity index is 1200. The molecule has 0 saturated carbocycles. The predicted molar refractivity (Wildman–Crippen MR) is 116 cm³/mol. The standard InChI is InChI=1S/C25H24N4/c1-16-9-8-13-19-17(2)26-22(28-24(16)19)15-23-27-21-14-7-6-12-20(21)25(29-23)18-10-4-3-5-11-18/h3-5,8-11,13H,6-7,12,14-15H2,1-2H3. The van der Waals surface area contributed by atoms with Crippen molar-refractivity contribution in [2.24, 2.45) is 0 Å². The van der Waals surface area contributed by atoms with Crippen molar-refractivity contribution in [1.29, 1.82) is 0 Å². The highest BCUT2D eigenvalue weighted by Crippen LogP contribution is 2.29. The van der Waals surface area contributed by atoms with E-state index in [2.05, 4.69) is 56.3 Å². The van der Waals surface area contributed by atoms with Crippen LogP contribution >= 0.6 is 0 Å². The quantitative estimate of drug-likeness (QED) is 0.492. The zero-order valence-electron chi connectivity index (χ0n) is 16.9. The van der Waals surface area contributed by atoms with E-state index in [0.717, 1.165) is 46.8 Å². The first-order valence-corrected chi connectivity index (χ1v) is 10.4. The molecule has 2 aromatic heterocycles. The number of rotatable bonds is 3. The summed E-state index contributed by atoms with van der Waals surface area (Å²) in [5.74, 6) is 1.61. The van der Waals surface area contributed by atoms with E-state index >= 15 is 0 Å².